The molecule has 32 heavy (non-hydrogen) atoms. The molecule has 1 aromatic rings. The molecule has 0 atom stereocenters. The zero-order chi connectivity index (χ0) is 22.7. The van der Waals surface area contributed by atoms with Crippen LogP contribution in [0.4, 0.5) is 0 Å². The Bertz CT molecular complexity index is 839. The second-order valence-corrected chi connectivity index (χ2v) is 9.05. The molecule has 10 heteroatoms. The van der Waals surface area contributed by atoms with E-state index in [1.807, 2.05) is 0 Å². The van der Waals surface area contributed by atoms with Gasteiger partial charge in [-0.05, 0) is 56.0 Å². The smallest absolute Gasteiger partial charge is 0.522 e. The van der Waals surface area contributed by atoms with Crippen LogP contribution in [0.15, 0.2) is 12.1 Å². The Morgan fingerprint density at radius 3 is 2.69 bits per heavy atom. The van der Waals surface area contributed by atoms with E-state index in [0.29, 0.717) is 50.8 Å². The molecule has 1 aromatic carbocycles. The van der Waals surface area contributed by atoms with Gasteiger partial charge in [0.05, 0.1) is 13.1 Å². The number of aryl methyl sites for hydroxylation is 1. The average Bonchev–Trinajstić information content (AvgIpc) is 2.74. The molecule has 0 bridgehead atoms. The van der Waals surface area contributed by atoms with Gasteiger partial charge in [-0.1, -0.05) is 6.07 Å². The van der Waals surface area contributed by atoms with Crippen molar-refractivity contribution in [1.29, 1.82) is 0 Å². The fourth-order valence-corrected chi connectivity index (χ4v) is 4.84. The van der Waals surface area contributed by atoms with Crippen LogP contribution in [0.1, 0.15) is 48.0 Å². The van der Waals surface area contributed by atoms with Gasteiger partial charge >= 0.3 is 13.1 Å². The van der Waals surface area contributed by atoms with E-state index in [4.69, 9.17) is 15.1 Å². The molecule has 2 fully saturated rings. The molecular weight excluding hydrogens is 413 g/mol. The summed E-state index contributed by atoms with van der Waals surface area (Å²) in [5.41, 5.74) is 6.23. The minimum absolute atomic E-state index is 0.0639. The van der Waals surface area contributed by atoms with Crippen LogP contribution in [0.25, 0.3) is 0 Å². The fraction of sp³-hybridized carbons (Fsp3) is 0.636. The van der Waals surface area contributed by atoms with Crippen LogP contribution in [0.5, 0.6) is 11.5 Å². The number of nitrogens with one attached hydrogen (secondary N) is 1. The number of nitrogens with two attached hydrogens (primary N) is 1. The molecule has 1 saturated heterocycles. The number of fused-ring (bicyclic) bond motifs is 1. The minimum Gasteiger partial charge on any atom is -0.535 e. The second-order valence-electron chi connectivity index (χ2n) is 9.05. The molecule has 3 aliphatic rings. The summed E-state index contributed by atoms with van der Waals surface area (Å²) in [6.07, 6.45) is 5.54. The number of hydrogen-bond donors (Lipinski definition) is 4. The molecule has 174 valence electrons. The van der Waals surface area contributed by atoms with Crippen molar-refractivity contribution in [3.8, 4) is 11.5 Å². The van der Waals surface area contributed by atoms with Crippen molar-refractivity contribution in [3.63, 3.8) is 0 Å². The van der Waals surface area contributed by atoms with E-state index in [1.54, 1.807) is 17.0 Å². The van der Waals surface area contributed by atoms with Crippen molar-refractivity contribution >= 4 is 19.0 Å². The molecule has 2 heterocycles. The quantitative estimate of drug-likeness (QED) is 0.434. The molecule has 1 saturated carbocycles. The van der Waals surface area contributed by atoms with Gasteiger partial charge in [0.25, 0.3) is 0 Å². The zero-order valence-electron chi connectivity index (χ0n) is 18.3. The first-order chi connectivity index (χ1) is 15.4. The van der Waals surface area contributed by atoms with Crippen molar-refractivity contribution in [2.45, 2.75) is 57.0 Å². The highest BCUT2D eigenvalue weighted by molar-refractivity contribution is 6.44. The maximum atomic E-state index is 12.6. The maximum Gasteiger partial charge on any atom is 0.522 e. The molecule has 1 amide bonds. The van der Waals surface area contributed by atoms with Crippen molar-refractivity contribution in [2.75, 3.05) is 26.2 Å². The average molecular weight is 445 g/mol. The lowest BCUT2D eigenvalue weighted by Crippen LogP contribution is -2.56. The summed E-state index contributed by atoms with van der Waals surface area (Å²) in [5, 5.41) is 22.9. The van der Waals surface area contributed by atoms with E-state index in [9.17, 15) is 19.7 Å². The first-order valence-corrected chi connectivity index (χ1v) is 11.6. The zero-order valence-corrected chi connectivity index (χ0v) is 18.3. The number of nitrogens with zero attached hydrogens (tertiary/aromatic N) is 1. The Kier molecular flexibility index (Phi) is 7.22. The molecule has 4 rings (SSSR count). The number of benzene rings is 1. The van der Waals surface area contributed by atoms with E-state index < -0.39 is 13.1 Å². The fourth-order valence-electron chi connectivity index (χ4n) is 4.84. The van der Waals surface area contributed by atoms with E-state index in [-0.39, 0.29) is 29.1 Å². The number of hydrogen-bond acceptors (Lipinski definition) is 7. The standard InChI is InChI=1S/C22H32BN3O6/c24-9-10-25-16-4-1-14(2-5-16)11-19(27)26-12-17(13-26)31-18-6-3-15-7-8-23(30)32-21(15)20(18)22(28)29/h3,6,14,16-17,25,30H,1-2,4-5,7-13,24H2,(H,28,29). The maximum absolute atomic E-state index is 12.6. The van der Waals surface area contributed by atoms with Crippen molar-refractivity contribution in [3.05, 3.63) is 23.3 Å². The van der Waals surface area contributed by atoms with Crippen molar-refractivity contribution in [2.24, 2.45) is 11.7 Å². The third-order valence-electron chi connectivity index (χ3n) is 6.71. The van der Waals surface area contributed by atoms with Gasteiger partial charge < -0.3 is 35.5 Å². The lowest BCUT2D eigenvalue weighted by Gasteiger charge is -2.40. The molecule has 9 nitrogen and oxygen atoms in total. The van der Waals surface area contributed by atoms with Gasteiger partial charge in [0.15, 0.2) is 0 Å². The second kappa shape index (κ2) is 10.1. The highest BCUT2D eigenvalue weighted by Gasteiger charge is 2.36. The molecule has 5 N–H and O–H groups in total. The Morgan fingerprint density at radius 1 is 1.25 bits per heavy atom. The predicted molar refractivity (Wildman–Crippen MR) is 119 cm³/mol. The number of carbonyl (C=O) groups excluding carboxylic acids is 1. The van der Waals surface area contributed by atoms with E-state index in [0.717, 1.165) is 37.8 Å². The first kappa shape index (κ1) is 22.9. The van der Waals surface area contributed by atoms with Crippen LogP contribution in [0, 0.1) is 5.92 Å². The largest absolute Gasteiger partial charge is 0.535 e. The number of carboxylic acids is 1. The number of rotatable bonds is 8. The molecule has 1 aliphatic carbocycles. The summed E-state index contributed by atoms with van der Waals surface area (Å²) in [5.74, 6) is -0.210. The molecular formula is C22H32BN3O6. The summed E-state index contributed by atoms with van der Waals surface area (Å²) in [4.78, 5) is 26.3. The Hall–Kier alpha value is -2.30. The lowest BCUT2D eigenvalue weighted by molar-refractivity contribution is -0.141. The van der Waals surface area contributed by atoms with Gasteiger partial charge in [-0.2, -0.15) is 0 Å². The van der Waals surface area contributed by atoms with Crippen molar-refractivity contribution in [1.82, 2.24) is 10.2 Å². The number of ether oxygens (including phenoxy) is 1. The third kappa shape index (κ3) is 5.19. The number of carbonyl (C=O) groups is 2. The normalized spacial score (nSPS) is 23.2. The van der Waals surface area contributed by atoms with Crippen LogP contribution in [-0.4, -0.2) is 72.4 Å². The van der Waals surface area contributed by atoms with Crippen LogP contribution >= 0.6 is 0 Å². The first-order valence-electron chi connectivity index (χ1n) is 11.6. The summed E-state index contributed by atoms with van der Waals surface area (Å²) < 4.78 is 11.3. The van der Waals surface area contributed by atoms with Crippen LogP contribution in [0.3, 0.4) is 0 Å². The van der Waals surface area contributed by atoms with E-state index in [1.165, 1.54) is 0 Å². The predicted octanol–water partition coefficient (Wildman–Crippen LogP) is 0.887. The Morgan fingerprint density at radius 2 is 2.00 bits per heavy atom. The molecule has 0 radical (unpaired) electrons. The number of aromatic carboxylic acids is 1. The lowest BCUT2D eigenvalue weighted by atomic mass is 9.78. The molecule has 0 unspecified atom stereocenters. The van der Waals surface area contributed by atoms with Gasteiger partial charge in [0, 0.05) is 25.6 Å². The van der Waals surface area contributed by atoms with E-state index in [2.05, 4.69) is 5.32 Å². The summed E-state index contributed by atoms with van der Waals surface area (Å²) in [6, 6.07) is 3.94. The van der Waals surface area contributed by atoms with Crippen LogP contribution < -0.4 is 20.4 Å². The van der Waals surface area contributed by atoms with Crippen LogP contribution in [-0.2, 0) is 11.2 Å². The Balaban J connectivity index is 1.27. The molecule has 2 aliphatic heterocycles. The summed E-state index contributed by atoms with van der Waals surface area (Å²) in [6.45, 7) is 2.38. The Labute approximate surface area is 188 Å². The monoisotopic (exact) mass is 445 g/mol. The summed E-state index contributed by atoms with van der Waals surface area (Å²) >= 11 is 0. The minimum atomic E-state index is -1.16. The van der Waals surface area contributed by atoms with Gasteiger partial charge in [-0.3, -0.25) is 4.79 Å². The highest BCUT2D eigenvalue weighted by Crippen LogP contribution is 2.37. The van der Waals surface area contributed by atoms with Gasteiger partial charge in [-0.15, -0.1) is 0 Å². The van der Waals surface area contributed by atoms with Gasteiger partial charge in [0.1, 0.15) is 23.2 Å². The number of likely N-dealkylation sites (tertiary alicyclic amines) is 1. The summed E-state index contributed by atoms with van der Waals surface area (Å²) in [7, 11) is -1.01. The highest BCUT2D eigenvalue weighted by atomic mass is 16.5. The van der Waals surface area contributed by atoms with Gasteiger partial charge in [0.2, 0.25) is 5.91 Å². The number of amides is 1. The SMILES string of the molecule is NCCNC1CCC(CC(=O)N2CC(Oc3ccc4c(c3C(=O)O)OB(O)CC4)C2)CC1. The van der Waals surface area contributed by atoms with Crippen molar-refractivity contribution < 1.29 is 29.1 Å². The van der Waals surface area contributed by atoms with Gasteiger partial charge in [-0.25, -0.2) is 4.79 Å². The third-order valence-corrected chi connectivity index (χ3v) is 6.71. The van der Waals surface area contributed by atoms with E-state index >= 15 is 0 Å². The molecule has 0 spiro atoms. The molecule has 0 aromatic heterocycles. The van der Waals surface area contributed by atoms with Crippen LogP contribution in [0.2, 0.25) is 6.32 Å². The topological polar surface area (TPSA) is 134 Å². The number of carboxylic acid groups (broad SMARTS) is 1.